The number of carbonyl (C=O) groups is 2. The van der Waals surface area contributed by atoms with Gasteiger partial charge in [-0.2, -0.15) is 11.8 Å². The molecule has 2 aliphatic rings. The highest BCUT2D eigenvalue weighted by molar-refractivity contribution is 7.99. The summed E-state index contributed by atoms with van der Waals surface area (Å²) in [4.78, 5) is 23.2. The minimum Gasteiger partial charge on any atom is -0.479 e. The first kappa shape index (κ1) is 14.7. The van der Waals surface area contributed by atoms with Crippen LogP contribution >= 0.6 is 11.8 Å². The van der Waals surface area contributed by atoms with Gasteiger partial charge in [-0.15, -0.1) is 0 Å². The first-order valence-electron chi connectivity index (χ1n) is 6.86. The lowest BCUT2D eigenvalue weighted by Crippen LogP contribution is -2.54. The number of hydrogen-bond donors (Lipinski definition) is 2. The third kappa shape index (κ3) is 3.86. The van der Waals surface area contributed by atoms with Crippen LogP contribution in [0.3, 0.4) is 0 Å². The predicted octanol–water partition coefficient (Wildman–Crippen LogP) is 1.41. The minimum atomic E-state index is -1.05. The molecule has 0 spiro atoms. The monoisotopic (exact) mass is 287 g/mol. The average Bonchev–Trinajstić information content (AvgIpc) is 2.87. The third-order valence-electron chi connectivity index (χ3n) is 3.78. The lowest BCUT2D eigenvalue weighted by atomic mass is 9.98. The molecule has 5 nitrogen and oxygen atoms in total. The molecule has 0 aromatic heterocycles. The van der Waals surface area contributed by atoms with Crippen molar-refractivity contribution in [1.29, 1.82) is 0 Å². The summed E-state index contributed by atoms with van der Waals surface area (Å²) in [5, 5.41) is 12.0. The van der Waals surface area contributed by atoms with Crippen LogP contribution < -0.4 is 5.32 Å². The predicted molar refractivity (Wildman–Crippen MR) is 73.3 cm³/mol. The van der Waals surface area contributed by atoms with Gasteiger partial charge in [0, 0.05) is 18.8 Å². The molecule has 0 saturated carbocycles. The number of aliphatic carboxylic acids is 1. The molecule has 0 radical (unpaired) electrons. The fraction of sp³-hybridized carbons (Fsp3) is 0.846. The van der Waals surface area contributed by atoms with Crippen LogP contribution in [0.4, 0.5) is 0 Å². The van der Waals surface area contributed by atoms with Gasteiger partial charge in [0.05, 0.1) is 6.10 Å². The Labute approximate surface area is 117 Å². The van der Waals surface area contributed by atoms with E-state index in [1.165, 1.54) is 0 Å². The number of rotatable bonds is 5. The van der Waals surface area contributed by atoms with E-state index in [4.69, 9.17) is 4.74 Å². The smallest absolute Gasteiger partial charge is 0.330 e. The number of carbonyl (C=O) groups excluding carboxylic acids is 1. The highest BCUT2D eigenvalue weighted by Crippen LogP contribution is 2.28. The van der Waals surface area contributed by atoms with Crippen molar-refractivity contribution in [3.05, 3.63) is 0 Å². The molecule has 2 heterocycles. The molecular weight excluding hydrogens is 266 g/mol. The Morgan fingerprint density at radius 2 is 2.26 bits per heavy atom. The standard InChI is InChI=1S/C13H21NO4S/c15-11(5-4-10-3-1-2-7-18-10)14-13(12(16)17)6-8-19-9-13/h10H,1-9H2,(H,14,15)(H,16,17)/t10-,13-/m0/s1. The summed E-state index contributed by atoms with van der Waals surface area (Å²) in [5.74, 6) is 0.172. The number of carboxylic acids is 1. The van der Waals surface area contributed by atoms with Gasteiger partial charge in [0.15, 0.2) is 0 Å². The average molecular weight is 287 g/mol. The van der Waals surface area contributed by atoms with E-state index in [-0.39, 0.29) is 12.0 Å². The number of ether oxygens (including phenoxy) is 1. The molecule has 0 aliphatic carbocycles. The van der Waals surface area contributed by atoms with E-state index in [0.29, 0.717) is 25.0 Å². The van der Waals surface area contributed by atoms with Gasteiger partial charge in [0.1, 0.15) is 5.54 Å². The van der Waals surface area contributed by atoms with Crippen LogP contribution in [0, 0.1) is 0 Å². The van der Waals surface area contributed by atoms with Crippen molar-refractivity contribution < 1.29 is 19.4 Å². The molecular formula is C13H21NO4S. The molecule has 6 heteroatoms. The fourth-order valence-electron chi connectivity index (χ4n) is 2.54. The number of carboxylic acid groups (broad SMARTS) is 1. The molecule has 2 rings (SSSR count). The van der Waals surface area contributed by atoms with Gasteiger partial charge < -0.3 is 15.2 Å². The van der Waals surface area contributed by atoms with Crippen molar-refractivity contribution in [3.8, 4) is 0 Å². The summed E-state index contributed by atoms with van der Waals surface area (Å²) in [6.07, 6.45) is 4.98. The van der Waals surface area contributed by atoms with Crippen LogP contribution in [-0.4, -0.2) is 46.7 Å². The molecule has 0 unspecified atom stereocenters. The zero-order valence-corrected chi connectivity index (χ0v) is 11.8. The Hall–Kier alpha value is -0.750. The quantitative estimate of drug-likeness (QED) is 0.799. The second kappa shape index (κ2) is 6.61. The van der Waals surface area contributed by atoms with E-state index >= 15 is 0 Å². The molecule has 2 N–H and O–H groups in total. The second-order valence-electron chi connectivity index (χ2n) is 5.27. The van der Waals surface area contributed by atoms with Crippen molar-refractivity contribution >= 4 is 23.6 Å². The summed E-state index contributed by atoms with van der Waals surface area (Å²) < 4.78 is 5.57. The van der Waals surface area contributed by atoms with Gasteiger partial charge >= 0.3 is 5.97 Å². The lowest BCUT2D eigenvalue weighted by molar-refractivity contribution is -0.146. The van der Waals surface area contributed by atoms with E-state index in [1.54, 1.807) is 11.8 Å². The molecule has 19 heavy (non-hydrogen) atoms. The van der Waals surface area contributed by atoms with E-state index in [1.807, 2.05) is 0 Å². The maximum atomic E-state index is 11.9. The van der Waals surface area contributed by atoms with Crippen LogP contribution in [0.2, 0.25) is 0 Å². The number of thioether (sulfide) groups is 1. The zero-order chi connectivity index (χ0) is 13.7. The van der Waals surface area contributed by atoms with Gasteiger partial charge in [0.2, 0.25) is 5.91 Å². The summed E-state index contributed by atoms with van der Waals surface area (Å²) in [5.41, 5.74) is -1.05. The largest absolute Gasteiger partial charge is 0.479 e. The van der Waals surface area contributed by atoms with E-state index in [0.717, 1.165) is 31.6 Å². The van der Waals surface area contributed by atoms with Crippen molar-refractivity contribution in [2.24, 2.45) is 0 Å². The molecule has 1 amide bonds. The summed E-state index contributed by atoms with van der Waals surface area (Å²) in [6.45, 7) is 0.780. The van der Waals surface area contributed by atoms with E-state index < -0.39 is 11.5 Å². The molecule has 0 bridgehead atoms. The van der Waals surface area contributed by atoms with E-state index in [9.17, 15) is 14.7 Å². The Morgan fingerprint density at radius 1 is 1.42 bits per heavy atom. The minimum absolute atomic E-state index is 0.165. The maximum Gasteiger partial charge on any atom is 0.330 e. The Bertz CT molecular complexity index is 336. The van der Waals surface area contributed by atoms with Crippen molar-refractivity contribution in [2.75, 3.05) is 18.1 Å². The van der Waals surface area contributed by atoms with Gasteiger partial charge in [-0.25, -0.2) is 4.79 Å². The van der Waals surface area contributed by atoms with Crippen LogP contribution in [0.25, 0.3) is 0 Å². The Morgan fingerprint density at radius 3 is 2.84 bits per heavy atom. The fourth-order valence-corrected chi connectivity index (χ4v) is 3.87. The van der Waals surface area contributed by atoms with Gasteiger partial charge in [0.25, 0.3) is 0 Å². The Kier molecular flexibility index (Phi) is 5.10. The first-order chi connectivity index (χ1) is 9.12. The van der Waals surface area contributed by atoms with Gasteiger partial charge in [-0.3, -0.25) is 4.79 Å². The topological polar surface area (TPSA) is 75.6 Å². The van der Waals surface area contributed by atoms with Crippen molar-refractivity contribution in [2.45, 2.75) is 50.2 Å². The number of nitrogens with one attached hydrogen (secondary N) is 1. The lowest BCUT2D eigenvalue weighted by Gasteiger charge is -2.26. The molecule has 2 aliphatic heterocycles. The summed E-state index contributed by atoms with van der Waals surface area (Å²) >= 11 is 1.58. The number of hydrogen-bond acceptors (Lipinski definition) is 4. The molecule has 2 fully saturated rings. The van der Waals surface area contributed by atoms with Crippen LogP contribution in [0.5, 0.6) is 0 Å². The van der Waals surface area contributed by atoms with E-state index in [2.05, 4.69) is 5.32 Å². The molecule has 2 saturated heterocycles. The van der Waals surface area contributed by atoms with Crippen molar-refractivity contribution in [1.82, 2.24) is 5.32 Å². The highest BCUT2D eigenvalue weighted by Gasteiger charge is 2.43. The Balaban J connectivity index is 1.78. The van der Waals surface area contributed by atoms with Crippen LogP contribution in [-0.2, 0) is 14.3 Å². The SMILES string of the molecule is O=C(CC[C@@H]1CCCCO1)N[C@@]1(C(=O)O)CCSC1. The van der Waals surface area contributed by atoms with Gasteiger partial charge in [-0.1, -0.05) is 0 Å². The molecule has 108 valence electrons. The molecule has 2 atom stereocenters. The number of amides is 1. The summed E-state index contributed by atoms with van der Waals surface area (Å²) in [7, 11) is 0. The van der Waals surface area contributed by atoms with Gasteiger partial charge in [-0.05, 0) is 37.9 Å². The highest BCUT2D eigenvalue weighted by atomic mass is 32.2. The zero-order valence-electron chi connectivity index (χ0n) is 11.0. The third-order valence-corrected chi connectivity index (χ3v) is 4.97. The van der Waals surface area contributed by atoms with Crippen LogP contribution in [0.1, 0.15) is 38.5 Å². The normalized spacial score (nSPS) is 31.1. The van der Waals surface area contributed by atoms with Crippen molar-refractivity contribution in [3.63, 3.8) is 0 Å². The maximum absolute atomic E-state index is 11.9. The summed E-state index contributed by atoms with van der Waals surface area (Å²) in [6, 6.07) is 0. The molecule has 0 aromatic rings. The first-order valence-corrected chi connectivity index (χ1v) is 8.02. The second-order valence-corrected chi connectivity index (χ2v) is 6.37. The van der Waals surface area contributed by atoms with Crippen LogP contribution in [0.15, 0.2) is 0 Å². The molecule has 0 aromatic carbocycles.